The average molecular weight is 234 g/mol. The molecule has 0 aromatic heterocycles. The zero-order chi connectivity index (χ0) is 12.5. The van der Waals surface area contributed by atoms with Crippen LogP contribution in [-0.4, -0.2) is 5.11 Å². The van der Waals surface area contributed by atoms with E-state index in [0.717, 1.165) is 5.56 Å². The summed E-state index contributed by atoms with van der Waals surface area (Å²) < 4.78 is 0. The predicted octanol–water partition coefficient (Wildman–Crippen LogP) is 4.64. The van der Waals surface area contributed by atoms with Gasteiger partial charge >= 0.3 is 0 Å². The molecule has 1 rings (SSSR count). The quantitative estimate of drug-likeness (QED) is 0.649. The monoisotopic (exact) mass is 234 g/mol. The first-order chi connectivity index (χ1) is 8.24. The standard InChI is InChI=1S/C16H26O/c1-3-4-5-6-7-8-9-15-10-12-16(13-11-15)14(2)17/h10-14,17H,3-9H2,1-2H3/t14-/m1/s1. The molecule has 1 heteroatoms. The Morgan fingerprint density at radius 2 is 1.53 bits per heavy atom. The molecule has 1 nitrogen and oxygen atoms in total. The third kappa shape index (κ3) is 5.88. The van der Waals surface area contributed by atoms with Gasteiger partial charge in [0, 0.05) is 0 Å². The lowest BCUT2D eigenvalue weighted by Crippen LogP contribution is -1.92. The smallest absolute Gasteiger partial charge is 0.0761 e. The van der Waals surface area contributed by atoms with E-state index >= 15 is 0 Å². The number of rotatable bonds is 8. The van der Waals surface area contributed by atoms with Crippen LogP contribution in [0.2, 0.25) is 0 Å². The lowest BCUT2D eigenvalue weighted by molar-refractivity contribution is 0.199. The lowest BCUT2D eigenvalue weighted by Gasteiger charge is -2.06. The van der Waals surface area contributed by atoms with Crippen LogP contribution >= 0.6 is 0 Å². The maximum absolute atomic E-state index is 9.41. The van der Waals surface area contributed by atoms with Crippen molar-refractivity contribution in [2.45, 2.75) is 64.9 Å². The van der Waals surface area contributed by atoms with Gasteiger partial charge in [0.1, 0.15) is 0 Å². The van der Waals surface area contributed by atoms with E-state index in [1.165, 1.54) is 50.5 Å². The van der Waals surface area contributed by atoms with E-state index in [0.29, 0.717) is 0 Å². The van der Waals surface area contributed by atoms with Gasteiger partial charge in [-0.05, 0) is 30.9 Å². The Morgan fingerprint density at radius 1 is 0.941 bits per heavy atom. The third-order valence-electron chi connectivity index (χ3n) is 3.28. The van der Waals surface area contributed by atoms with Crippen molar-refractivity contribution in [2.24, 2.45) is 0 Å². The van der Waals surface area contributed by atoms with Gasteiger partial charge in [0.05, 0.1) is 6.10 Å². The minimum Gasteiger partial charge on any atom is -0.389 e. The highest BCUT2D eigenvalue weighted by atomic mass is 16.3. The second-order valence-electron chi connectivity index (χ2n) is 4.94. The van der Waals surface area contributed by atoms with Crippen molar-refractivity contribution in [1.29, 1.82) is 0 Å². The van der Waals surface area contributed by atoms with Gasteiger partial charge in [0.2, 0.25) is 0 Å². The Balaban J connectivity index is 2.19. The molecule has 0 spiro atoms. The SMILES string of the molecule is CCCCCCCCc1ccc([C@@H](C)O)cc1. The van der Waals surface area contributed by atoms with E-state index in [-0.39, 0.29) is 6.10 Å². The second kappa shape index (κ2) is 8.30. The molecule has 1 N–H and O–H groups in total. The second-order valence-corrected chi connectivity index (χ2v) is 4.94. The highest BCUT2D eigenvalue weighted by Gasteiger charge is 2.00. The summed E-state index contributed by atoms with van der Waals surface area (Å²) in [4.78, 5) is 0. The summed E-state index contributed by atoms with van der Waals surface area (Å²) >= 11 is 0. The Labute approximate surface area is 106 Å². The highest BCUT2D eigenvalue weighted by molar-refractivity contribution is 5.23. The van der Waals surface area contributed by atoms with Crippen LogP contribution in [0.1, 0.15) is 69.6 Å². The topological polar surface area (TPSA) is 20.2 Å². The Hall–Kier alpha value is -0.820. The van der Waals surface area contributed by atoms with Gasteiger partial charge in [-0.25, -0.2) is 0 Å². The minimum absolute atomic E-state index is 0.349. The van der Waals surface area contributed by atoms with Crippen molar-refractivity contribution in [3.05, 3.63) is 35.4 Å². The molecule has 0 fully saturated rings. The fourth-order valence-corrected chi connectivity index (χ4v) is 2.07. The molecule has 0 heterocycles. The van der Waals surface area contributed by atoms with Crippen LogP contribution in [0.15, 0.2) is 24.3 Å². The summed E-state index contributed by atoms with van der Waals surface area (Å²) in [7, 11) is 0. The predicted molar refractivity (Wildman–Crippen MR) is 74.2 cm³/mol. The Bertz CT molecular complexity index is 287. The maximum Gasteiger partial charge on any atom is 0.0761 e. The normalized spacial score (nSPS) is 12.6. The Kier molecular flexibility index (Phi) is 6.95. The first-order valence-corrected chi connectivity index (χ1v) is 7.01. The summed E-state index contributed by atoms with van der Waals surface area (Å²) in [6, 6.07) is 8.37. The van der Waals surface area contributed by atoms with E-state index in [9.17, 15) is 5.11 Å². The molecule has 17 heavy (non-hydrogen) atoms. The van der Waals surface area contributed by atoms with Gasteiger partial charge < -0.3 is 5.11 Å². The number of aliphatic hydroxyl groups excluding tert-OH is 1. The van der Waals surface area contributed by atoms with Crippen LogP contribution < -0.4 is 0 Å². The number of benzene rings is 1. The molecule has 0 aliphatic heterocycles. The molecule has 0 aliphatic carbocycles. The first-order valence-electron chi connectivity index (χ1n) is 7.01. The van der Waals surface area contributed by atoms with Crippen molar-refractivity contribution in [3.63, 3.8) is 0 Å². The van der Waals surface area contributed by atoms with Crippen molar-refractivity contribution < 1.29 is 5.11 Å². The molecule has 0 unspecified atom stereocenters. The summed E-state index contributed by atoms with van der Waals surface area (Å²) in [5, 5.41) is 9.41. The van der Waals surface area contributed by atoms with Crippen LogP contribution in [-0.2, 0) is 6.42 Å². The van der Waals surface area contributed by atoms with E-state index < -0.39 is 0 Å². The number of hydrogen-bond acceptors (Lipinski definition) is 1. The van der Waals surface area contributed by atoms with Crippen molar-refractivity contribution in [3.8, 4) is 0 Å². The number of hydrogen-bond donors (Lipinski definition) is 1. The molecule has 0 bridgehead atoms. The molecule has 0 aliphatic rings. The van der Waals surface area contributed by atoms with E-state index in [1.807, 2.05) is 19.1 Å². The number of aryl methyl sites for hydroxylation is 1. The van der Waals surface area contributed by atoms with Crippen molar-refractivity contribution in [1.82, 2.24) is 0 Å². The molecule has 1 atom stereocenters. The van der Waals surface area contributed by atoms with Gasteiger partial charge in [0.15, 0.2) is 0 Å². The third-order valence-corrected chi connectivity index (χ3v) is 3.28. The molecular weight excluding hydrogens is 208 g/mol. The Morgan fingerprint density at radius 3 is 2.12 bits per heavy atom. The average Bonchev–Trinajstić information content (AvgIpc) is 2.34. The van der Waals surface area contributed by atoms with Gasteiger partial charge in [0.25, 0.3) is 0 Å². The molecule has 1 aromatic rings. The zero-order valence-corrected chi connectivity index (χ0v) is 11.3. The highest BCUT2D eigenvalue weighted by Crippen LogP contribution is 2.15. The van der Waals surface area contributed by atoms with Gasteiger partial charge in [-0.2, -0.15) is 0 Å². The van der Waals surface area contributed by atoms with Crippen LogP contribution in [0.25, 0.3) is 0 Å². The van der Waals surface area contributed by atoms with Gasteiger partial charge in [-0.1, -0.05) is 63.3 Å². The van der Waals surface area contributed by atoms with Crippen LogP contribution in [0, 0.1) is 0 Å². The molecule has 0 saturated heterocycles. The largest absolute Gasteiger partial charge is 0.389 e. The van der Waals surface area contributed by atoms with Crippen molar-refractivity contribution in [2.75, 3.05) is 0 Å². The van der Waals surface area contributed by atoms with Gasteiger partial charge in [-0.3, -0.25) is 0 Å². The van der Waals surface area contributed by atoms with Crippen LogP contribution in [0.5, 0.6) is 0 Å². The molecule has 96 valence electrons. The molecular formula is C16H26O. The summed E-state index contributed by atoms with van der Waals surface area (Å²) in [6.07, 6.45) is 8.92. The van der Waals surface area contributed by atoms with E-state index in [1.54, 1.807) is 0 Å². The molecule has 0 radical (unpaired) electrons. The fourth-order valence-electron chi connectivity index (χ4n) is 2.07. The summed E-state index contributed by atoms with van der Waals surface area (Å²) in [6.45, 7) is 4.06. The van der Waals surface area contributed by atoms with Gasteiger partial charge in [-0.15, -0.1) is 0 Å². The van der Waals surface area contributed by atoms with E-state index in [4.69, 9.17) is 0 Å². The zero-order valence-electron chi connectivity index (χ0n) is 11.3. The number of unbranched alkanes of at least 4 members (excludes halogenated alkanes) is 5. The number of aliphatic hydroxyl groups is 1. The first kappa shape index (κ1) is 14.2. The molecule has 0 saturated carbocycles. The minimum atomic E-state index is -0.349. The summed E-state index contributed by atoms with van der Waals surface area (Å²) in [5.41, 5.74) is 2.40. The van der Waals surface area contributed by atoms with E-state index in [2.05, 4.69) is 19.1 Å². The molecule has 1 aromatic carbocycles. The summed E-state index contributed by atoms with van der Waals surface area (Å²) in [5.74, 6) is 0. The van der Waals surface area contributed by atoms with Crippen LogP contribution in [0.4, 0.5) is 0 Å². The lowest BCUT2D eigenvalue weighted by atomic mass is 10.0. The fraction of sp³-hybridized carbons (Fsp3) is 0.625. The maximum atomic E-state index is 9.41. The van der Waals surface area contributed by atoms with Crippen LogP contribution in [0.3, 0.4) is 0 Å². The molecule has 0 amide bonds. The van der Waals surface area contributed by atoms with Crippen molar-refractivity contribution >= 4 is 0 Å².